The van der Waals surface area contributed by atoms with E-state index in [4.69, 9.17) is 5.73 Å². The molecule has 80 valence electrons. The summed E-state index contributed by atoms with van der Waals surface area (Å²) in [6.07, 6.45) is 0. The molecule has 15 heavy (non-hydrogen) atoms. The molecule has 1 rings (SSSR count). The minimum absolute atomic E-state index is 0.0323. The third-order valence-corrected chi connectivity index (χ3v) is 2.04. The van der Waals surface area contributed by atoms with Crippen molar-refractivity contribution in [1.29, 1.82) is 0 Å². The van der Waals surface area contributed by atoms with Crippen molar-refractivity contribution in [1.82, 2.24) is 0 Å². The topological polar surface area (TPSA) is 81.5 Å². The zero-order valence-electron chi connectivity index (χ0n) is 8.73. The maximum absolute atomic E-state index is 10.6. The molecule has 0 saturated heterocycles. The molecule has 0 fully saturated rings. The van der Waals surface area contributed by atoms with Crippen LogP contribution in [0.3, 0.4) is 0 Å². The Labute approximate surface area is 87.8 Å². The predicted octanol–water partition coefficient (Wildman–Crippen LogP) is 1.63. The highest BCUT2D eigenvalue weighted by atomic mass is 16.6. The Kier molecular flexibility index (Phi) is 3.38. The van der Waals surface area contributed by atoms with Gasteiger partial charge < -0.3 is 5.73 Å². The van der Waals surface area contributed by atoms with Crippen molar-refractivity contribution in [3.63, 3.8) is 0 Å². The molecular weight excluding hydrogens is 194 g/mol. The van der Waals surface area contributed by atoms with Crippen LogP contribution in [0.25, 0.3) is 0 Å². The Morgan fingerprint density at radius 2 is 2.27 bits per heavy atom. The number of nitrogens with two attached hydrogens (primary N) is 1. The molecule has 0 aromatic heterocycles. The van der Waals surface area contributed by atoms with E-state index in [1.54, 1.807) is 6.07 Å². The molecule has 0 heterocycles. The largest absolute Gasteiger partial charge is 0.383 e. The van der Waals surface area contributed by atoms with Crippen molar-refractivity contribution >= 4 is 11.5 Å². The number of benzene rings is 1. The number of aliphatic imine (C=N–C) groups is 1. The second-order valence-electron chi connectivity index (χ2n) is 3.12. The van der Waals surface area contributed by atoms with Gasteiger partial charge in [-0.05, 0) is 19.4 Å². The molecule has 0 aliphatic heterocycles. The Hall–Kier alpha value is -1.91. The molecule has 2 N–H and O–H groups in total. The standard InChI is InChI=1S/C10H13N3O2/c1-3-12-10(11)9-6-8(13(14)15)5-4-7(9)2/h4-6H,3H2,1-2H3,(H2,11,12). The van der Waals surface area contributed by atoms with Gasteiger partial charge in [-0.1, -0.05) is 6.07 Å². The first-order valence-corrected chi connectivity index (χ1v) is 4.61. The number of amidine groups is 1. The Balaban J connectivity index is 3.22. The molecule has 0 spiro atoms. The average Bonchev–Trinajstić information content (AvgIpc) is 2.18. The molecule has 5 nitrogen and oxygen atoms in total. The van der Waals surface area contributed by atoms with Crippen LogP contribution in [-0.4, -0.2) is 17.3 Å². The van der Waals surface area contributed by atoms with Crippen LogP contribution in [-0.2, 0) is 0 Å². The number of rotatable bonds is 3. The van der Waals surface area contributed by atoms with Gasteiger partial charge in [0.2, 0.25) is 0 Å². The summed E-state index contributed by atoms with van der Waals surface area (Å²) in [6, 6.07) is 4.58. The molecular formula is C10H13N3O2. The SMILES string of the molecule is CCN=C(N)c1cc([N+](=O)[O-])ccc1C. The lowest BCUT2D eigenvalue weighted by Gasteiger charge is -2.04. The van der Waals surface area contributed by atoms with Gasteiger partial charge in [-0.2, -0.15) is 0 Å². The number of aryl methyl sites for hydroxylation is 1. The summed E-state index contributed by atoms with van der Waals surface area (Å²) in [4.78, 5) is 14.2. The lowest BCUT2D eigenvalue weighted by molar-refractivity contribution is -0.384. The monoisotopic (exact) mass is 207 g/mol. The molecule has 1 aromatic rings. The van der Waals surface area contributed by atoms with E-state index < -0.39 is 4.92 Å². The molecule has 0 saturated carbocycles. The van der Waals surface area contributed by atoms with Crippen LogP contribution in [0, 0.1) is 17.0 Å². The van der Waals surface area contributed by atoms with Crippen molar-refractivity contribution in [2.45, 2.75) is 13.8 Å². The molecule has 0 radical (unpaired) electrons. The van der Waals surface area contributed by atoms with Crippen molar-refractivity contribution in [2.75, 3.05) is 6.54 Å². The fraction of sp³-hybridized carbons (Fsp3) is 0.300. The first-order valence-electron chi connectivity index (χ1n) is 4.61. The quantitative estimate of drug-likeness (QED) is 0.354. The fourth-order valence-electron chi connectivity index (χ4n) is 1.26. The van der Waals surface area contributed by atoms with Crippen molar-refractivity contribution in [2.24, 2.45) is 10.7 Å². The van der Waals surface area contributed by atoms with E-state index in [9.17, 15) is 10.1 Å². The second kappa shape index (κ2) is 4.54. The van der Waals surface area contributed by atoms with Crippen molar-refractivity contribution in [3.05, 3.63) is 39.4 Å². The number of hydrogen-bond donors (Lipinski definition) is 1. The summed E-state index contributed by atoms with van der Waals surface area (Å²) in [7, 11) is 0. The number of nitrogens with zero attached hydrogens (tertiary/aromatic N) is 2. The highest BCUT2D eigenvalue weighted by Crippen LogP contribution is 2.16. The van der Waals surface area contributed by atoms with E-state index in [1.807, 2.05) is 13.8 Å². The number of non-ortho nitro benzene ring substituents is 1. The molecule has 1 aromatic carbocycles. The van der Waals surface area contributed by atoms with Crippen LogP contribution >= 0.6 is 0 Å². The third kappa shape index (κ3) is 2.52. The molecule has 0 bridgehead atoms. The van der Waals surface area contributed by atoms with Crippen molar-refractivity contribution in [3.8, 4) is 0 Å². The van der Waals surface area contributed by atoms with Gasteiger partial charge in [-0.15, -0.1) is 0 Å². The maximum atomic E-state index is 10.6. The van der Waals surface area contributed by atoms with Crippen LogP contribution in [0.5, 0.6) is 0 Å². The number of nitro benzene ring substituents is 1. The van der Waals surface area contributed by atoms with Gasteiger partial charge in [-0.3, -0.25) is 15.1 Å². The first kappa shape index (κ1) is 11.2. The number of hydrogen-bond acceptors (Lipinski definition) is 3. The van der Waals surface area contributed by atoms with E-state index in [-0.39, 0.29) is 5.69 Å². The maximum Gasteiger partial charge on any atom is 0.270 e. The predicted molar refractivity (Wildman–Crippen MR) is 59.1 cm³/mol. The van der Waals surface area contributed by atoms with Crippen LogP contribution in [0.2, 0.25) is 0 Å². The van der Waals surface area contributed by atoms with Gasteiger partial charge in [0.15, 0.2) is 0 Å². The molecule has 0 aliphatic carbocycles. The number of nitro groups is 1. The van der Waals surface area contributed by atoms with Gasteiger partial charge in [0, 0.05) is 24.2 Å². The van der Waals surface area contributed by atoms with Gasteiger partial charge >= 0.3 is 0 Å². The fourth-order valence-corrected chi connectivity index (χ4v) is 1.26. The zero-order valence-corrected chi connectivity index (χ0v) is 8.73. The molecule has 5 heteroatoms. The summed E-state index contributed by atoms with van der Waals surface area (Å²) in [6.45, 7) is 4.27. The summed E-state index contributed by atoms with van der Waals surface area (Å²) >= 11 is 0. The first-order chi connectivity index (χ1) is 7.06. The van der Waals surface area contributed by atoms with E-state index in [0.29, 0.717) is 17.9 Å². The Morgan fingerprint density at radius 1 is 1.60 bits per heavy atom. The van der Waals surface area contributed by atoms with Crippen molar-refractivity contribution < 1.29 is 4.92 Å². The normalized spacial score (nSPS) is 11.5. The van der Waals surface area contributed by atoms with E-state index in [0.717, 1.165) is 5.56 Å². The lowest BCUT2D eigenvalue weighted by Crippen LogP contribution is -2.15. The van der Waals surface area contributed by atoms with Gasteiger partial charge in [0.25, 0.3) is 5.69 Å². The second-order valence-corrected chi connectivity index (χ2v) is 3.12. The summed E-state index contributed by atoms with van der Waals surface area (Å²) in [5.74, 6) is 0.346. The summed E-state index contributed by atoms with van der Waals surface area (Å²) in [5.41, 5.74) is 7.25. The summed E-state index contributed by atoms with van der Waals surface area (Å²) < 4.78 is 0. The minimum Gasteiger partial charge on any atom is -0.383 e. The van der Waals surface area contributed by atoms with E-state index in [2.05, 4.69) is 4.99 Å². The van der Waals surface area contributed by atoms with Gasteiger partial charge in [-0.25, -0.2) is 0 Å². The van der Waals surface area contributed by atoms with Gasteiger partial charge in [0.1, 0.15) is 5.84 Å². The average molecular weight is 207 g/mol. The third-order valence-electron chi connectivity index (χ3n) is 2.04. The zero-order chi connectivity index (χ0) is 11.4. The van der Waals surface area contributed by atoms with Crippen LogP contribution in [0.4, 0.5) is 5.69 Å². The van der Waals surface area contributed by atoms with Crippen LogP contribution in [0.1, 0.15) is 18.1 Å². The Morgan fingerprint density at radius 3 is 2.80 bits per heavy atom. The molecule has 0 amide bonds. The molecule has 0 atom stereocenters. The summed E-state index contributed by atoms with van der Waals surface area (Å²) in [5, 5.41) is 10.6. The lowest BCUT2D eigenvalue weighted by atomic mass is 10.1. The molecule has 0 unspecified atom stereocenters. The Bertz CT molecular complexity index is 413. The highest BCUT2D eigenvalue weighted by molar-refractivity contribution is 5.99. The van der Waals surface area contributed by atoms with Crippen LogP contribution < -0.4 is 5.73 Å². The van der Waals surface area contributed by atoms with E-state index >= 15 is 0 Å². The van der Waals surface area contributed by atoms with E-state index in [1.165, 1.54) is 12.1 Å². The minimum atomic E-state index is -0.442. The smallest absolute Gasteiger partial charge is 0.270 e. The highest BCUT2D eigenvalue weighted by Gasteiger charge is 2.10. The van der Waals surface area contributed by atoms with Crippen LogP contribution in [0.15, 0.2) is 23.2 Å². The van der Waals surface area contributed by atoms with Gasteiger partial charge in [0.05, 0.1) is 4.92 Å². The molecule has 0 aliphatic rings.